The first-order valence-electron chi connectivity index (χ1n) is 15.0. The maximum absolute atomic E-state index is 13.7. The summed E-state index contributed by atoms with van der Waals surface area (Å²) in [7, 11) is 2.03. The van der Waals surface area contributed by atoms with Gasteiger partial charge < -0.3 is 25.3 Å². The standard InChI is InChI=1S/C34H43N5O5/c1-20-14-21(2)37-32(42)29(20)18-36-31(41)28-15-24(23-8-9-26(19-40)35-17-23)16-30(22(28)3)39(7)27-12-10-25(11-13-27)38-33(43)44-34(4,5)6/h8-9,14-17,19,25,27H,10-13,18H2,1-7H3,(H,36,41)(H,37,42)(H,38,43). The molecule has 3 aromatic rings. The van der Waals surface area contributed by atoms with E-state index in [1.165, 1.54) is 0 Å². The van der Waals surface area contributed by atoms with E-state index in [-0.39, 0.29) is 30.1 Å². The molecule has 0 saturated heterocycles. The highest BCUT2D eigenvalue weighted by Crippen LogP contribution is 2.34. The molecule has 0 unspecified atom stereocenters. The first kappa shape index (κ1) is 32.4. The van der Waals surface area contributed by atoms with Crippen molar-refractivity contribution in [2.24, 2.45) is 0 Å². The number of aromatic nitrogens is 2. The van der Waals surface area contributed by atoms with Gasteiger partial charge in [0.25, 0.3) is 11.5 Å². The molecule has 1 aromatic carbocycles. The molecule has 0 atom stereocenters. The van der Waals surface area contributed by atoms with Crippen molar-refractivity contribution < 1.29 is 19.1 Å². The van der Waals surface area contributed by atoms with Crippen molar-refractivity contribution in [3.63, 3.8) is 0 Å². The summed E-state index contributed by atoms with van der Waals surface area (Å²) >= 11 is 0. The quantitative estimate of drug-likeness (QED) is 0.295. The van der Waals surface area contributed by atoms with Crippen molar-refractivity contribution in [2.45, 2.75) is 91.5 Å². The van der Waals surface area contributed by atoms with Gasteiger partial charge in [0.1, 0.15) is 11.3 Å². The average molecular weight is 602 g/mol. The molecule has 0 bridgehead atoms. The minimum Gasteiger partial charge on any atom is -0.444 e. The molecule has 2 amide bonds. The predicted octanol–water partition coefficient (Wildman–Crippen LogP) is 5.38. The van der Waals surface area contributed by atoms with E-state index < -0.39 is 11.7 Å². The number of aldehydes is 1. The first-order valence-corrected chi connectivity index (χ1v) is 15.0. The molecular weight excluding hydrogens is 558 g/mol. The Kier molecular flexibility index (Phi) is 9.91. The number of H-pyrrole nitrogens is 1. The lowest BCUT2D eigenvalue weighted by atomic mass is 9.89. The lowest BCUT2D eigenvalue weighted by Gasteiger charge is -2.37. The number of amides is 2. The summed E-state index contributed by atoms with van der Waals surface area (Å²) in [6, 6.07) is 9.46. The predicted molar refractivity (Wildman–Crippen MR) is 171 cm³/mol. The molecule has 10 nitrogen and oxygen atoms in total. The molecule has 0 spiro atoms. The van der Waals surface area contributed by atoms with Crippen LogP contribution in [0.2, 0.25) is 0 Å². The Morgan fingerprint density at radius 2 is 1.77 bits per heavy atom. The van der Waals surface area contributed by atoms with Gasteiger partial charge in [-0.15, -0.1) is 0 Å². The van der Waals surface area contributed by atoms with Gasteiger partial charge in [0, 0.05) is 59.9 Å². The van der Waals surface area contributed by atoms with Crippen molar-refractivity contribution >= 4 is 24.0 Å². The second-order valence-corrected chi connectivity index (χ2v) is 12.6. The molecule has 10 heteroatoms. The smallest absolute Gasteiger partial charge is 0.407 e. The number of hydrogen-bond acceptors (Lipinski definition) is 7. The van der Waals surface area contributed by atoms with Crippen LogP contribution in [0.5, 0.6) is 0 Å². The number of anilines is 1. The van der Waals surface area contributed by atoms with Crippen LogP contribution in [-0.2, 0) is 11.3 Å². The highest BCUT2D eigenvalue weighted by molar-refractivity contribution is 5.99. The summed E-state index contributed by atoms with van der Waals surface area (Å²) in [5.41, 5.74) is 5.43. The molecule has 2 aromatic heterocycles. The third-order valence-corrected chi connectivity index (χ3v) is 8.13. The van der Waals surface area contributed by atoms with Crippen LogP contribution in [-0.4, -0.2) is 53.0 Å². The Morgan fingerprint density at radius 1 is 1.07 bits per heavy atom. The molecule has 1 aliphatic carbocycles. The number of benzene rings is 1. The van der Waals surface area contributed by atoms with Gasteiger partial charge in [-0.2, -0.15) is 0 Å². The van der Waals surface area contributed by atoms with E-state index in [2.05, 4.69) is 25.5 Å². The van der Waals surface area contributed by atoms with E-state index >= 15 is 0 Å². The second kappa shape index (κ2) is 13.4. The van der Waals surface area contributed by atoms with Crippen LogP contribution in [0.1, 0.15) is 89.7 Å². The van der Waals surface area contributed by atoms with Gasteiger partial charge in [-0.3, -0.25) is 19.4 Å². The van der Waals surface area contributed by atoms with Crippen molar-refractivity contribution in [3.05, 3.63) is 80.5 Å². The van der Waals surface area contributed by atoms with Gasteiger partial charge in [0.05, 0.1) is 0 Å². The SMILES string of the molecule is Cc1cc(C)c(CNC(=O)c2cc(-c3ccc(C=O)nc3)cc(N(C)C3CCC(NC(=O)OC(C)(C)C)CC3)c2C)c(=O)[nH]1. The minimum absolute atomic E-state index is 0.0408. The van der Waals surface area contributed by atoms with Gasteiger partial charge in [-0.05, 0) is 108 Å². The van der Waals surface area contributed by atoms with E-state index in [1.807, 2.05) is 72.9 Å². The third kappa shape index (κ3) is 7.92. The summed E-state index contributed by atoms with van der Waals surface area (Å²) in [6.07, 6.45) is 5.25. The van der Waals surface area contributed by atoms with Crippen LogP contribution < -0.4 is 21.1 Å². The van der Waals surface area contributed by atoms with Gasteiger partial charge in [-0.1, -0.05) is 6.07 Å². The van der Waals surface area contributed by atoms with E-state index in [4.69, 9.17) is 4.74 Å². The first-order chi connectivity index (χ1) is 20.8. The lowest BCUT2D eigenvalue weighted by Crippen LogP contribution is -2.44. The fraction of sp³-hybridized carbons (Fsp3) is 0.441. The Hall–Kier alpha value is -4.47. The summed E-state index contributed by atoms with van der Waals surface area (Å²) in [4.78, 5) is 58.9. The van der Waals surface area contributed by atoms with E-state index in [9.17, 15) is 19.2 Å². The Labute approximate surface area is 258 Å². The van der Waals surface area contributed by atoms with Gasteiger partial charge in [0.15, 0.2) is 6.29 Å². The maximum Gasteiger partial charge on any atom is 0.407 e. The fourth-order valence-electron chi connectivity index (χ4n) is 5.76. The number of nitrogens with zero attached hydrogens (tertiary/aromatic N) is 2. The van der Waals surface area contributed by atoms with Crippen LogP contribution in [0.4, 0.5) is 10.5 Å². The molecule has 3 N–H and O–H groups in total. The highest BCUT2D eigenvalue weighted by atomic mass is 16.6. The number of nitrogens with one attached hydrogen (secondary N) is 3. The number of pyridine rings is 2. The van der Waals surface area contributed by atoms with E-state index in [0.717, 1.165) is 59.3 Å². The summed E-state index contributed by atoms with van der Waals surface area (Å²) in [5.74, 6) is -0.291. The van der Waals surface area contributed by atoms with Crippen LogP contribution in [0.15, 0.2) is 41.3 Å². The monoisotopic (exact) mass is 601 g/mol. The van der Waals surface area contributed by atoms with Crippen LogP contribution in [0.25, 0.3) is 11.1 Å². The lowest BCUT2D eigenvalue weighted by molar-refractivity contribution is 0.0491. The number of carbonyl (C=O) groups is 3. The fourth-order valence-corrected chi connectivity index (χ4v) is 5.76. The number of carbonyl (C=O) groups excluding carboxylic acids is 3. The minimum atomic E-state index is -0.550. The zero-order valence-corrected chi connectivity index (χ0v) is 26.7. The van der Waals surface area contributed by atoms with Crippen molar-refractivity contribution in [1.82, 2.24) is 20.6 Å². The molecular formula is C34H43N5O5. The number of aromatic amines is 1. The van der Waals surface area contributed by atoms with Crippen LogP contribution in [0.3, 0.4) is 0 Å². The molecule has 44 heavy (non-hydrogen) atoms. The third-order valence-electron chi connectivity index (χ3n) is 8.13. The molecule has 0 radical (unpaired) electrons. The van der Waals surface area contributed by atoms with E-state index in [0.29, 0.717) is 23.1 Å². The van der Waals surface area contributed by atoms with Crippen molar-refractivity contribution in [2.75, 3.05) is 11.9 Å². The topological polar surface area (TPSA) is 133 Å². The van der Waals surface area contributed by atoms with Gasteiger partial charge >= 0.3 is 6.09 Å². The van der Waals surface area contributed by atoms with Gasteiger partial charge in [0.2, 0.25) is 0 Å². The molecule has 1 saturated carbocycles. The van der Waals surface area contributed by atoms with Crippen LogP contribution in [0, 0.1) is 20.8 Å². The summed E-state index contributed by atoms with van der Waals surface area (Å²) in [6.45, 7) is 11.2. The molecule has 234 valence electrons. The Bertz CT molecular complexity index is 1580. The normalized spacial score (nSPS) is 16.6. The number of alkyl carbamates (subject to hydrolysis) is 1. The Balaban J connectivity index is 1.59. The number of rotatable bonds is 8. The van der Waals surface area contributed by atoms with Crippen molar-refractivity contribution in [1.29, 1.82) is 0 Å². The zero-order chi connectivity index (χ0) is 32.2. The number of hydrogen-bond donors (Lipinski definition) is 3. The largest absolute Gasteiger partial charge is 0.444 e. The average Bonchev–Trinajstić information content (AvgIpc) is 2.95. The number of aryl methyl sites for hydroxylation is 2. The highest BCUT2D eigenvalue weighted by Gasteiger charge is 2.28. The molecule has 2 heterocycles. The molecule has 4 rings (SSSR count). The molecule has 1 fully saturated rings. The second-order valence-electron chi connectivity index (χ2n) is 12.6. The maximum atomic E-state index is 13.7. The number of ether oxygens (including phenoxy) is 1. The van der Waals surface area contributed by atoms with Gasteiger partial charge in [-0.25, -0.2) is 4.79 Å². The summed E-state index contributed by atoms with van der Waals surface area (Å²) < 4.78 is 5.43. The Morgan fingerprint density at radius 3 is 2.36 bits per heavy atom. The van der Waals surface area contributed by atoms with Crippen LogP contribution >= 0.6 is 0 Å². The summed E-state index contributed by atoms with van der Waals surface area (Å²) in [5, 5.41) is 5.95. The van der Waals surface area contributed by atoms with E-state index in [1.54, 1.807) is 12.3 Å². The molecule has 0 aliphatic heterocycles. The van der Waals surface area contributed by atoms with Crippen molar-refractivity contribution in [3.8, 4) is 11.1 Å². The molecule has 1 aliphatic rings. The zero-order valence-electron chi connectivity index (χ0n) is 26.7.